The Labute approximate surface area is 129 Å². The number of aryl methyl sites for hydroxylation is 1. The van der Waals surface area contributed by atoms with Crippen LogP contribution in [0.5, 0.6) is 11.5 Å². The number of hydrogen-bond donors (Lipinski definition) is 1. The molecule has 1 aromatic rings. The van der Waals surface area contributed by atoms with Crippen LogP contribution < -0.4 is 4.74 Å². The number of rotatable bonds is 10. The molecule has 0 saturated carbocycles. The zero-order valence-electron chi connectivity index (χ0n) is 13.8. The van der Waals surface area contributed by atoms with E-state index in [1.807, 2.05) is 12.1 Å². The van der Waals surface area contributed by atoms with Gasteiger partial charge in [0.15, 0.2) is 11.5 Å². The maximum atomic E-state index is 9.59. The fourth-order valence-corrected chi connectivity index (χ4v) is 2.64. The number of hydrogen-bond acceptors (Lipinski definition) is 2. The summed E-state index contributed by atoms with van der Waals surface area (Å²) in [6, 6.07) is 5.56. The number of ether oxygens (including phenoxy) is 1. The molecule has 1 atom stereocenters. The minimum Gasteiger partial charge on any atom is -0.504 e. The molecule has 1 rings (SSSR count). The average Bonchev–Trinajstić information content (AvgIpc) is 2.46. The summed E-state index contributed by atoms with van der Waals surface area (Å²) in [5, 5.41) is 9.59. The second-order valence-corrected chi connectivity index (χ2v) is 6.06. The van der Waals surface area contributed by atoms with Crippen LogP contribution in [0.15, 0.2) is 30.4 Å². The van der Waals surface area contributed by atoms with Crippen molar-refractivity contribution in [1.29, 1.82) is 0 Å². The number of methoxy groups -OCH3 is 1. The average molecular weight is 290 g/mol. The summed E-state index contributed by atoms with van der Waals surface area (Å²) >= 11 is 0. The Kier molecular flexibility index (Phi) is 7.96. The second kappa shape index (κ2) is 9.49. The van der Waals surface area contributed by atoms with Crippen molar-refractivity contribution in [3.63, 3.8) is 0 Å². The second-order valence-electron chi connectivity index (χ2n) is 6.06. The number of aromatic hydroxyl groups is 1. The van der Waals surface area contributed by atoms with Crippen molar-refractivity contribution in [3.8, 4) is 11.5 Å². The molecule has 0 heterocycles. The number of unbranched alkanes of at least 4 members (excludes halogenated alkanes) is 2. The monoisotopic (exact) mass is 290 g/mol. The van der Waals surface area contributed by atoms with Gasteiger partial charge in [-0.05, 0) is 42.9 Å². The van der Waals surface area contributed by atoms with Crippen molar-refractivity contribution in [2.24, 2.45) is 5.92 Å². The van der Waals surface area contributed by atoms with Gasteiger partial charge in [0.1, 0.15) is 0 Å². The Morgan fingerprint density at radius 3 is 2.76 bits per heavy atom. The molecule has 0 amide bonds. The van der Waals surface area contributed by atoms with Crippen LogP contribution in [0.2, 0.25) is 0 Å². The van der Waals surface area contributed by atoms with Crippen LogP contribution in [0, 0.1) is 5.92 Å². The van der Waals surface area contributed by atoms with E-state index in [0.29, 0.717) is 5.75 Å². The highest BCUT2D eigenvalue weighted by atomic mass is 16.5. The van der Waals surface area contributed by atoms with Gasteiger partial charge in [-0.3, -0.25) is 0 Å². The smallest absolute Gasteiger partial charge is 0.160 e. The first kappa shape index (κ1) is 17.6. The molecule has 118 valence electrons. The van der Waals surface area contributed by atoms with Crippen molar-refractivity contribution >= 4 is 0 Å². The van der Waals surface area contributed by atoms with Crippen molar-refractivity contribution < 1.29 is 9.84 Å². The van der Waals surface area contributed by atoms with Crippen LogP contribution in [0.3, 0.4) is 0 Å². The van der Waals surface area contributed by atoms with Gasteiger partial charge < -0.3 is 9.84 Å². The summed E-state index contributed by atoms with van der Waals surface area (Å²) < 4.78 is 5.14. The van der Waals surface area contributed by atoms with E-state index in [1.165, 1.54) is 36.8 Å². The normalized spacial score (nSPS) is 12.1. The predicted molar refractivity (Wildman–Crippen MR) is 90.0 cm³/mol. The van der Waals surface area contributed by atoms with Crippen molar-refractivity contribution in [3.05, 3.63) is 35.9 Å². The quantitative estimate of drug-likeness (QED) is 0.455. The Bertz CT molecular complexity index is 437. The van der Waals surface area contributed by atoms with Crippen LogP contribution >= 0.6 is 0 Å². The lowest BCUT2D eigenvalue weighted by molar-refractivity contribution is 0.373. The van der Waals surface area contributed by atoms with Crippen LogP contribution in [-0.4, -0.2) is 12.2 Å². The molecule has 2 nitrogen and oxygen atoms in total. The van der Waals surface area contributed by atoms with Gasteiger partial charge in [0.25, 0.3) is 0 Å². The molecular formula is C19H30O2. The topological polar surface area (TPSA) is 29.5 Å². The number of allylic oxidation sites excluding steroid dienone is 1. The fourth-order valence-electron chi connectivity index (χ4n) is 2.64. The highest BCUT2D eigenvalue weighted by Gasteiger charge is 2.07. The molecule has 0 aliphatic carbocycles. The Morgan fingerprint density at radius 2 is 2.10 bits per heavy atom. The molecule has 0 saturated heterocycles. The molecule has 1 aromatic carbocycles. The highest BCUT2D eigenvalue weighted by Crippen LogP contribution is 2.27. The third-order valence-corrected chi connectivity index (χ3v) is 3.95. The SMILES string of the molecule is C=C(CCc1ccc(O)c(OC)c1)CC(C)CCCCC. The zero-order valence-corrected chi connectivity index (χ0v) is 13.8. The number of phenols is 1. The first-order valence-electron chi connectivity index (χ1n) is 8.09. The molecule has 0 aromatic heterocycles. The Hall–Kier alpha value is -1.44. The van der Waals surface area contributed by atoms with E-state index in [4.69, 9.17) is 4.74 Å². The lowest BCUT2D eigenvalue weighted by Crippen LogP contribution is -1.98. The van der Waals surface area contributed by atoms with Gasteiger partial charge in [0.2, 0.25) is 0 Å². The molecule has 0 radical (unpaired) electrons. The van der Waals surface area contributed by atoms with E-state index in [9.17, 15) is 5.11 Å². The van der Waals surface area contributed by atoms with Gasteiger partial charge in [-0.15, -0.1) is 0 Å². The maximum Gasteiger partial charge on any atom is 0.160 e. The van der Waals surface area contributed by atoms with Gasteiger partial charge in [-0.2, -0.15) is 0 Å². The summed E-state index contributed by atoms with van der Waals surface area (Å²) in [6.07, 6.45) is 8.35. The summed E-state index contributed by atoms with van der Waals surface area (Å²) in [4.78, 5) is 0. The largest absolute Gasteiger partial charge is 0.504 e. The summed E-state index contributed by atoms with van der Waals surface area (Å²) in [6.45, 7) is 8.79. The van der Waals surface area contributed by atoms with Gasteiger partial charge >= 0.3 is 0 Å². The predicted octanol–water partition coefficient (Wildman–Crippen LogP) is 5.50. The summed E-state index contributed by atoms with van der Waals surface area (Å²) in [5.74, 6) is 1.48. The molecule has 1 unspecified atom stereocenters. The lowest BCUT2D eigenvalue weighted by Gasteiger charge is -2.13. The minimum atomic E-state index is 0.199. The Morgan fingerprint density at radius 1 is 1.33 bits per heavy atom. The zero-order chi connectivity index (χ0) is 15.7. The van der Waals surface area contributed by atoms with E-state index < -0.39 is 0 Å². The maximum absolute atomic E-state index is 9.59. The first-order chi connectivity index (χ1) is 10.1. The Balaban J connectivity index is 2.35. The van der Waals surface area contributed by atoms with Crippen molar-refractivity contribution in [2.75, 3.05) is 7.11 Å². The van der Waals surface area contributed by atoms with Gasteiger partial charge in [-0.1, -0.05) is 57.7 Å². The van der Waals surface area contributed by atoms with Crippen molar-refractivity contribution in [1.82, 2.24) is 0 Å². The molecule has 2 heteroatoms. The number of benzene rings is 1. The summed E-state index contributed by atoms with van der Waals surface area (Å²) in [7, 11) is 1.58. The first-order valence-corrected chi connectivity index (χ1v) is 8.09. The van der Waals surface area contributed by atoms with Gasteiger partial charge in [0, 0.05) is 0 Å². The molecule has 0 bridgehead atoms. The highest BCUT2D eigenvalue weighted by molar-refractivity contribution is 5.41. The third-order valence-electron chi connectivity index (χ3n) is 3.95. The molecule has 21 heavy (non-hydrogen) atoms. The third kappa shape index (κ3) is 6.70. The van der Waals surface area contributed by atoms with E-state index in [0.717, 1.165) is 25.2 Å². The van der Waals surface area contributed by atoms with Crippen molar-refractivity contribution in [2.45, 2.75) is 58.8 Å². The van der Waals surface area contributed by atoms with Crippen LogP contribution in [0.25, 0.3) is 0 Å². The molecule has 0 spiro atoms. The molecule has 0 fully saturated rings. The van der Waals surface area contributed by atoms with Crippen LogP contribution in [0.4, 0.5) is 0 Å². The van der Waals surface area contributed by atoms with E-state index in [1.54, 1.807) is 13.2 Å². The standard InChI is InChI=1S/C19H30O2/c1-5-6-7-8-15(2)13-16(3)9-10-17-11-12-18(20)19(14-17)21-4/h11-12,14-15,20H,3,5-10,13H2,1-2,4H3. The van der Waals surface area contributed by atoms with E-state index in [2.05, 4.69) is 20.4 Å². The van der Waals surface area contributed by atoms with Gasteiger partial charge in [-0.25, -0.2) is 0 Å². The van der Waals surface area contributed by atoms with E-state index in [-0.39, 0.29) is 5.75 Å². The van der Waals surface area contributed by atoms with Gasteiger partial charge in [0.05, 0.1) is 7.11 Å². The van der Waals surface area contributed by atoms with Crippen LogP contribution in [0.1, 0.15) is 57.9 Å². The molecule has 1 N–H and O–H groups in total. The number of phenolic OH excluding ortho intramolecular Hbond substituents is 1. The summed E-state index contributed by atoms with van der Waals surface area (Å²) in [5.41, 5.74) is 2.51. The molecule has 0 aliphatic heterocycles. The molecular weight excluding hydrogens is 260 g/mol. The molecule has 0 aliphatic rings. The minimum absolute atomic E-state index is 0.199. The lowest BCUT2D eigenvalue weighted by atomic mass is 9.93. The van der Waals surface area contributed by atoms with Crippen LogP contribution in [-0.2, 0) is 6.42 Å². The van der Waals surface area contributed by atoms with E-state index >= 15 is 0 Å². The fraction of sp³-hybridized carbons (Fsp3) is 0.579.